The van der Waals surface area contributed by atoms with Gasteiger partial charge < -0.3 is 20.4 Å². The molecule has 0 radical (unpaired) electrons. The Labute approximate surface area is 147 Å². The van der Waals surface area contributed by atoms with Gasteiger partial charge >= 0.3 is 0 Å². The molecule has 0 aliphatic heterocycles. The van der Waals surface area contributed by atoms with Crippen LogP contribution in [0.25, 0.3) is 11.5 Å². The van der Waals surface area contributed by atoms with Crippen LogP contribution in [0.3, 0.4) is 0 Å². The quantitative estimate of drug-likeness (QED) is 0.570. The Morgan fingerprint density at radius 2 is 1.92 bits per heavy atom. The number of rotatable bonds is 5. The Morgan fingerprint density at radius 1 is 1.20 bits per heavy atom. The molecule has 1 heterocycles. The van der Waals surface area contributed by atoms with E-state index in [-0.39, 0.29) is 18.0 Å². The Balaban J connectivity index is 1.83. The fraction of sp³-hybridized carbons (Fsp3) is 0.389. The van der Waals surface area contributed by atoms with E-state index >= 15 is 0 Å². The number of oxazole rings is 1. The van der Waals surface area contributed by atoms with E-state index in [4.69, 9.17) is 4.42 Å². The van der Waals surface area contributed by atoms with Gasteiger partial charge in [0.25, 0.3) is 0 Å². The number of carbonyl (C=O) groups excluding carboxylic acids is 1. The lowest BCUT2D eigenvalue weighted by Crippen LogP contribution is -2.48. The maximum absolute atomic E-state index is 11.8. The number of nitrogens with zero attached hydrogens (tertiary/aromatic N) is 2. The highest BCUT2D eigenvalue weighted by atomic mass is 16.3. The topological polar surface area (TPSA) is 91.5 Å². The van der Waals surface area contributed by atoms with Crippen molar-refractivity contribution in [3.8, 4) is 11.5 Å². The maximum Gasteiger partial charge on any atom is 0.239 e. The van der Waals surface area contributed by atoms with Crippen LogP contribution < -0.4 is 16.0 Å². The fourth-order valence-corrected chi connectivity index (χ4v) is 2.12. The summed E-state index contributed by atoms with van der Waals surface area (Å²) < 4.78 is 5.49. The highest BCUT2D eigenvalue weighted by Gasteiger charge is 2.14. The number of guanidine groups is 1. The van der Waals surface area contributed by atoms with E-state index < -0.39 is 0 Å². The number of benzene rings is 1. The van der Waals surface area contributed by atoms with Crippen molar-refractivity contribution in [3.63, 3.8) is 0 Å². The van der Waals surface area contributed by atoms with E-state index in [1.165, 1.54) is 0 Å². The zero-order valence-corrected chi connectivity index (χ0v) is 15.1. The molecular weight excluding hydrogens is 318 g/mol. The first kappa shape index (κ1) is 18.5. The smallest absolute Gasteiger partial charge is 0.239 e. The lowest BCUT2D eigenvalue weighted by Gasteiger charge is -2.21. The SMILES string of the molecule is CN=C(NCC(=O)NC(C)(C)C)NCc1coc(-c2ccccc2)n1. The summed E-state index contributed by atoms with van der Waals surface area (Å²) in [5, 5.41) is 8.96. The molecule has 0 saturated carbocycles. The van der Waals surface area contributed by atoms with Crippen molar-refractivity contribution in [2.24, 2.45) is 4.99 Å². The van der Waals surface area contributed by atoms with Gasteiger partial charge in [-0.2, -0.15) is 0 Å². The van der Waals surface area contributed by atoms with Gasteiger partial charge in [-0.25, -0.2) is 4.98 Å². The summed E-state index contributed by atoms with van der Waals surface area (Å²) in [5.41, 5.74) is 1.42. The van der Waals surface area contributed by atoms with Crippen molar-refractivity contribution in [1.29, 1.82) is 0 Å². The van der Waals surface area contributed by atoms with E-state index in [0.717, 1.165) is 11.3 Å². The number of amides is 1. The Bertz CT molecular complexity index is 717. The molecule has 0 bridgehead atoms. The summed E-state index contributed by atoms with van der Waals surface area (Å²) in [6.07, 6.45) is 1.61. The first-order valence-corrected chi connectivity index (χ1v) is 8.13. The van der Waals surface area contributed by atoms with Crippen molar-refractivity contribution in [2.45, 2.75) is 32.9 Å². The summed E-state index contributed by atoms with van der Waals surface area (Å²) in [5.74, 6) is 1.00. The van der Waals surface area contributed by atoms with Gasteiger partial charge in [-0.15, -0.1) is 0 Å². The van der Waals surface area contributed by atoms with Crippen LogP contribution in [-0.4, -0.2) is 36.0 Å². The van der Waals surface area contributed by atoms with E-state index in [1.807, 2.05) is 51.1 Å². The van der Waals surface area contributed by atoms with Gasteiger partial charge in [0.05, 0.1) is 18.8 Å². The van der Waals surface area contributed by atoms with Gasteiger partial charge in [-0.1, -0.05) is 18.2 Å². The molecule has 134 valence electrons. The second kappa shape index (κ2) is 8.32. The third-order valence-electron chi connectivity index (χ3n) is 3.16. The van der Waals surface area contributed by atoms with Crippen LogP contribution in [0.4, 0.5) is 0 Å². The van der Waals surface area contributed by atoms with Crippen LogP contribution in [0.5, 0.6) is 0 Å². The number of hydrogen-bond acceptors (Lipinski definition) is 4. The van der Waals surface area contributed by atoms with Crippen LogP contribution in [0.1, 0.15) is 26.5 Å². The number of aliphatic imine (C=N–C) groups is 1. The molecule has 0 spiro atoms. The minimum atomic E-state index is -0.260. The second-order valence-electron chi connectivity index (χ2n) is 6.59. The molecule has 0 aliphatic rings. The van der Waals surface area contributed by atoms with Crippen molar-refractivity contribution >= 4 is 11.9 Å². The number of nitrogens with one attached hydrogen (secondary N) is 3. The zero-order valence-electron chi connectivity index (χ0n) is 15.1. The van der Waals surface area contributed by atoms with E-state index in [9.17, 15) is 4.79 Å². The number of carbonyl (C=O) groups is 1. The van der Waals surface area contributed by atoms with Crippen molar-refractivity contribution < 1.29 is 9.21 Å². The first-order valence-electron chi connectivity index (χ1n) is 8.13. The molecule has 3 N–H and O–H groups in total. The van der Waals surface area contributed by atoms with Crippen LogP contribution in [0.2, 0.25) is 0 Å². The molecule has 1 amide bonds. The summed E-state index contributed by atoms with van der Waals surface area (Å²) in [6, 6.07) is 9.70. The number of hydrogen-bond donors (Lipinski definition) is 3. The summed E-state index contributed by atoms with van der Waals surface area (Å²) >= 11 is 0. The van der Waals surface area contributed by atoms with E-state index in [2.05, 4.69) is 25.9 Å². The molecular formula is C18H25N5O2. The Morgan fingerprint density at radius 3 is 2.56 bits per heavy atom. The molecule has 7 nitrogen and oxygen atoms in total. The van der Waals surface area contributed by atoms with Crippen LogP contribution >= 0.6 is 0 Å². The Hall–Kier alpha value is -2.83. The van der Waals surface area contributed by atoms with Crippen LogP contribution in [0.15, 0.2) is 46.0 Å². The molecule has 7 heteroatoms. The molecule has 25 heavy (non-hydrogen) atoms. The fourth-order valence-electron chi connectivity index (χ4n) is 2.12. The third-order valence-corrected chi connectivity index (χ3v) is 3.16. The van der Waals surface area contributed by atoms with Crippen LogP contribution in [0, 0.1) is 0 Å². The van der Waals surface area contributed by atoms with Gasteiger partial charge in [-0.05, 0) is 32.9 Å². The number of aromatic nitrogens is 1. The second-order valence-corrected chi connectivity index (χ2v) is 6.59. The van der Waals surface area contributed by atoms with Crippen molar-refractivity contribution in [1.82, 2.24) is 20.9 Å². The van der Waals surface area contributed by atoms with Crippen LogP contribution in [-0.2, 0) is 11.3 Å². The molecule has 0 aliphatic carbocycles. The monoisotopic (exact) mass is 343 g/mol. The molecule has 1 aromatic carbocycles. The molecule has 2 aromatic rings. The van der Waals surface area contributed by atoms with Crippen molar-refractivity contribution in [3.05, 3.63) is 42.3 Å². The summed E-state index contributed by atoms with van der Waals surface area (Å²) in [7, 11) is 1.65. The van der Waals surface area contributed by atoms with Gasteiger partial charge in [0.1, 0.15) is 6.26 Å². The Kier molecular flexibility index (Phi) is 6.16. The predicted octanol–water partition coefficient (Wildman–Crippen LogP) is 1.92. The predicted molar refractivity (Wildman–Crippen MR) is 98.0 cm³/mol. The third kappa shape index (κ3) is 6.29. The minimum absolute atomic E-state index is 0.0942. The average molecular weight is 343 g/mol. The molecule has 2 rings (SSSR count). The average Bonchev–Trinajstić information content (AvgIpc) is 3.03. The minimum Gasteiger partial charge on any atom is -0.444 e. The molecule has 1 aromatic heterocycles. The molecule has 0 atom stereocenters. The van der Waals surface area contributed by atoms with E-state index in [0.29, 0.717) is 18.4 Å². The van der Waals surface area contributed by atoms with Gasteiger partial charge in [0.2, 0.25) is 11.8 Å². The molecule has 0 saturated heterocycles. The van der Waals surface area contributed by atoms with E-state index in [1.54, 1.807) is 13.3 Å². The lowest BCUT2D eigenvalue weighted by molar-refractivity contribution is -0.121. The van der Waals surface area contributed by atoms with Gasteiger partial charge in [0.15, 0.2) is 5.96 Å². The van der Waals surface area contributed by atoms with Gasteiger partial charge in [-0.3, -0.25) is 9.79 Å². The summed E-state index contributed by atoms with van der Waals surface area (Å²) in [6.45, 7) is 6.40. The normalized spacial score (nSPS) is 11.9. The van der Waals surface area contributed by atoms with Crippen molar-refractivity contribution in [2.75, 3.05) is 13.6 Å². The molecule has 0 fully saturated rings. The summed E-state index contributed by atoms with van der Waals surface area (Å²) in [4.78, 5) is 20.4. The first-order chi connectivity index (χ1) is 11.9. The standard InChI is InChI=1S/C18H25N5O2/c1-18(2,3)23-15(24)11-21-17(19-4)20-10-14-12-25-16(22-14)13-8-6-5-7-9-13/h5-9,12H,10-11H2,1-4H3,(H,23,24)(H2,19,20,21). The largest absolute Gasteiger partial charge is 0.444 e. The zero-order chi connectivity index (χ0) is 18.3. The lowest BCUT2D eigenvalue weighted by atomic mass is 10.1. The highest BCUT2D eigenvalue weighted by Crippen LogP contribution is 2.17. The maximum atomic E-state index is 11.8. The highest BCUT2D eigenvalue weighted by molar-refractivity contribution is 5.86. The van der Waals surface area contributed by atoms with Gasteiger partial charge in [0, 0.05) is 18.2 Å². The molecule has 0 unspecified atom stereocenters.